The normalized spacial score (nSPS) is 11.1. The van der Waals surface area contributed by atoms with Gasteiger partial charge in [0.1, 0.15) is 11.3 Å². The molecule has 13 heavy (non-hydrogen) atoms. The largest absolute Gasteiger partial charge is 0.316 e. The Morgan fingerprint density at radius 2 is 1.85 bits per heavy atom. The van der Waals surface area contributed by atoms with Crippen molar-refractivity contribution in [2.45, 2.75) is 6.92 Å². The van der Waals surface area contributed by atoms with Gasteiger partial charge in [-0.3, -0.25) is 0 Å². The summed E-state index contributed by atoms with van der Waals surface area (Å²) in [7, 11) is 1.85. The Morgan fingerprint density at radius 3 is 2.54 bits per heavy atom. The number of hydrogen-bond acceptors (Lipinski definition) is 3. The fourth-order valence-corrected chi connectivity index (χ4v) is 1.53. The van der Waals surface area contributed by atoms with Crippen LogP contribution in [-0.4, -0.2) is 19.5 Å². The van der Waals surface area contributed by atoms with Crippen LogP contribution in [0.4, 0.5) is 0 Å². The van der Waals surface area contributed by atoms with Crippen molar-refractivity contribution in [2.75, 3.05) is 0 Å². The lowest BCUT2D eigenvalue weighted by Crippen LogP contribution is -1.93. The average molecular weight is 217 g/mol. The second-order valence-electron chi connectivity index (χ2n) is 2.67. The second kappa shape index (κ2) is 2.82. The van der Waals surface area contributed by atoms with Gasteiger partial charge >= 0.3 is 0 Å². The van der Waals surface area contributed by atoms with E-state index in [1.54, 1.807) is 0 Å². The standard InChI is InChI=1S/C7H6Cl2N4/c1-3-10-4-5(8)11-7(9)12-6(4)13(3)2/h1-2H3. The van der Waals surface area contributed by atoms with Crippen LogP contribution in [0.15, 0.2) is 0 Å². The predicted molar refractivity (Wildman–Crippen MR) is 51.1 cm³/mol. The molecule has 0 amide bonds. The summed E-state index contributed by atoms with van der Waals surface area (Å²) in [5, 5.41) is 0.430. The van der Waals surface area contributed by atoms with E-state index in [1.165, 1.54) is 0 Å². The van der Waals surface area contributed by atoms with E-state index in [9.17, 15) is 0 Å². The number of fused-ring (bicyclic) bond motifs is 1. The molecule has 0 unspecified atom stereocenters. The summed E-state index contributed by atoms with van der Waals surface area (Å²) < 4.78 is 1.81. The van der Waals surface area contributed by atoms with Crippen LogP contribution in [0, 0.1) is 6.92 Å². The third-order valence-corrected chi connectivity index (χ3v) is 2.31. The summed E-state index contributed by atoms with van der Waals surface area (Å²) in [6.07, 6.45) is 0. The maximum atomic E-state index is 5.84. The highest BCUT2D eigenvalue weighted by Crippen LogP contribution is 2.21. The quantitative estimate of drug-likeness (QED) is 0.500. The molecule has 2 heterocycles. The van der Waals surface area contributed by atoms with Gasteiger partial charge in [0.2, 0.25) is 5.28 Å². The Kier molecular flexibility index (Phi) is 1.89. The molecule has 0 saturated heterocycles. The molecule has 0 atom stereocenters. The van der Waals surface area contributed by atoms with Gasteiger partial charge < -0.3 is 4.57 Å². The van der Waals surface area contributed by atoms with Gasteiger partial charge in [0.05, 0.1) is 0 Å². The number of aryl methyl sites for hydroxylation is 2. The summed E-state index contributed by atoms with van der Waals surface area (Å²) in [4.78, 5) is 12.0. The van der Waals surface area contributed by atoms with Gasteiger partial charge in [0.15, 0.2) is 10.8 Å². The summed E-state index contributed by atoms with van der Waals surface area (Å²) in [5.74, 6) is 0.827. The minimum Gasteiger partial charge on any atom is -0.316 e. The lowest BCUT2D eigenvalue weighted by molar-refractivity contribution is 0.873. The molecule has 0 aliphatic carbocycles. The SMILES string of the molecule is Cc1nc2c(Cl)nc(Cl)nc2n1C. The van der Waals surface area contributed by atoms with E-state index in [2.05, 4.69) is 15.0 Å². The Hall–Kier alpha value is -0.870. The molecule has 0 aliphatic heterocycles. The molecule has 0 bridgehead atoms. The number of aromatic nitrogens is 4. The molecule has 0 aliphatic rings. The summed E-state index contributed by atoms with van der Waals surface area (Å²) >= 11 is 11.5. The first-order valence-electron chi connectivity index (χ1n) is 3.61. The van der Waals surface area contributed by atoms with E-state index in [0.717, 1.165) is 5.82 Å². The van der Waals surface area contributed by atoms with Gasteiger partial charge in [-0.2, -0.15) is 4.98 Å². The third kappa shape index (κ3) is 1.26. The van der Waals surface area contributed by atoms with Gasteiger partial charge in [-0.1, -0.05) is 11.6 Å². The molecule has 0 radical (unpaired) electrons. The van der Waals surface area contributed by atoms with Gasteiger partial charge in [0.25, 0.3) is 0 Å². The highest BCUT2D eigenvalue weighted by atomic mass is 35.5. The zero-order chi connectivity index (χ0) is 9.59. The molecule has 0 saturated carbocycles. The highest BCUT2D eigenvalue weighted by molar-refractivity contribution is 6.35. The molecule has 6 heteroatoms. The Labute approximate surface area is 84.5 Å². The topological polar surface area (TPSA) is 43.6 Å². The van der Waals surface area contributed by atoms with Crippen LogP contribution in [0.5, 0.6) is 0 Å². The van der Waals surface area contributed by atoms with Crippen LogP contribution in [0.2, 0.25) is 10.4 Å². The van der Waals surface area contributed by atoms with Crippen LogP contribution in [0.1, 0.15) is 5.82 Å². The van der Waals surface area contributed by atoms with Gasteiger partial charge in [-0.05, 0) is 18.5 Å². The van der Waals surface area contributed by atoms with Crippen LogP contribution >= 0.6 is 23.2 Å². The van der Waals surface area contributed by atoms with Crippen molar-refractivity contribution in [3.63, 3.8) is 0 Å². The van der Waals surface area contributed by atoms with Crippen molar-refractivity contribution < 1.29 is 0 Å². The van der Waals surface area contributed by atoms with Crippen LogP contribution in [0.3, 0.4) is 0 Å². The van der Waals surface area contributed by atoms with Crippen molar-refractivity contribution >= 4 is 34.4 Å². The molecule has 2 rings (SSSR count). The Bertz CT molecular complexity index is 477. The molecule has 0 spiro atoms. The van der Waals surface area contributed by atoms with Crippen molar-refractivity contribution in [3.8, 4) is 0 Å². The van der Waals surface area contributed by atoms with E-state index < -0.39 is 0 Å². The maximum Gasteiger partial charge on any atom is 0.225 e. The zero-order valence-electron chi connectivity index (χ0n) is 7.04. The average Bonchev–Trinajstić information content (AvgIpc) is 2.32. The minimum atomic E-state index is 0.139. The van der Waals surface area contributed by atoms with Gasteiger partial charge in [-0.15, -0.1) is 0 Å². The zero-order valence-corrected chi connectivity index (χ0v) is 8.56. The first kappa shape index (κ1) is 8.72. The molecule has 4 nitrogen and oxygen atoms in total. The van der Waals surface area contributed by atoms with Crippen LogP contribution < -0.4 is 0 Å². The number of halogens is 2. The summed E-state index contributed by atoms with van der Waals surface area (Å²) in [6, 6.07) is 0. The third-order valence-electron chi connectivity index (χ3n) is 1.87. The van der Waals surface area contributed by atoms with E-state index in [0.29, 0.717) is 16.3 Å². The van der Waals surface area contributed by atoms with Crippen LogP contribution in [-0.2, 0) is 7.05 Å². The number of imidazole rings is 1. The first-order chi connectivity index (χ1) is 6.09. The van der Waals surface area contributed by atoms with E-state index in [4.69, 9.17) is 23.2 Å². The molecule has 2 aromatic rings. The fourth-order valence-electron chi connectivity index (χ4n) is 1.11. The Balaban J connectivity index is 2.94. The van der Waals surface area contributed by atoms with Crippen molar-refractivity contribution in [1.29, 1.82) is 0 Å². The van der Waals surface area contributed by atoms with Crippen LogP contribution in [0.25, 0.3) is 11.2 Å². The Morgan fingerprint density at radius 1 is 1.15 bits per heavy atom. The van der Waals surface area contributed by atoms with Gasteiger partial charge in [-0.25, -0.2) is 9.97 Å². The summed E-state index contributed by atoms with van der Waals surface area (Å²) in [6.45, 7) is 1.87. The minimum absolute atomic E-state index is 0.139. The summed E-state index contributed by atoms with van der Waals surface area (Å²) in [5.41, 5.74) is 1.24. The molecule has 0 N–H and O–H groups in total. The van der Waals surface area contributed by atoms with Crippen molar-refractivity contribution in [2.24, 2.45) is 7.05 Å². The number of rotatable bonds is 0. The van der Waals surface area contributed by atoms with E-state index in [-0.39, 0.29) is 5.28 Å². The molecular formula is C7H6Cl2N4. The number of nitrogens with zero attached hydrogens (tertiary/aromatic N) is 4. The maximum absolute atomic E-state index is 5.84. The molecule has 68 valence electrons. The monoisotopic (exact) mass is 216 g/mol. The van der Waals surface area contributed by atoms with Crippen molar-refractivity contribution in [1.82, 2.24) is 19.5 Å². The van der Waals surface area contributed by atoms with Gasteiger partial charge in [0, 0.05) is 7.05 Å². The second-order valence-corrected chi connectivity index (χ2v) is 3.37. The highest BCUT2D eigenvalue weighted by Gasteiger charge is 2.11. The lowest BCUT2D eigenvalue weighted by Gasteiger charge is -1.95. The smallest absolute Gasteiger partial charge is 0.225 e. The molecule has 0 aromatic carbocycles. The molecular weight excluding hydrogens is 211 g/mol. The molecule has 0 fully saturated rings. The number of hydrogen-bond donors (Lipinski definition) is 0. The first-order valence-corrected chi connectivity index (χ1v) is 4.37. The predicted octanol–water partition coefficient (Wildman–Crippen LogP) is 1.98. The lowest BCUT2D eigenvalue weighted by atomic mass is 10.5. The molecule has 2 aromatic heterocycles. The fraction of sp³-hybridized carbons (Fsp3) is 0.286. The van der Waals surface area contributed by atoms with E-state index in [1.807, 2.05) is 18.5 Å². The van der Waals surface area contributed by atoms with E-state index >= 15 is 0 Å². The van der Waals surface area contributed by atoms with Crippen molar-refractivity contribution in [3.05, 3.63) is 16.3 Å².